The molecule has 0 radical (unpaired) electrons. The zero-order chi connectivity index (χ0) is 5.82. The van der Waals surface area contributed by atoms with Crippen LogP contribution in [0.25, 0.3) is 0 Å². The van der Waals surface area contributed by atoms with E-state index in [1.807, 2.05) is 17.6 Å². The molecule has 1 N–H and O–H groups in total. The Morgan fingerprint density at radius 3 is 3.00 bits per heavy atom. The number of rotatable bonds is 1. The molecule has 0 unspecified atom stereocenters. The standard InChI is InChI=1S/C6H8OS/c7-4-6-2-1-3-8-5-6/h1-3,7H,4-5H2. The Morgan fingerprint density at radius 1 is 1.75 bits per heavy atom. The maximum Gasteiger partial charge on any atom is 0.0653 e. The minimum Gasteiger partial charge on any atom is -0.392 e. The molecule has 0 amide bonds. The summed E-state index contributed by atoms with van der Waals surface area (Å²) in [7, 11) is 0. The molecule has 0 aromatic rings. The van der Waals surface area contributed by atoms with Gasteiger partial charge in [-0.15, -0.1) is 11.8 Å². The maximum atomic E-state index is 8.58. The van der Waals surface area contributed by atoms with Crippen LogP contribution in [0.3, 0.4) is 0 Å². The lowest BCUT2D eigenvalue weighted by Gasteiger charge is -2.02. The van der Waals surface area contributed by atoms with Crippen LogP contribution in [0.4, 0.5) is 0 Å². The highest BCUT2D eigenvalue weighted by Crippen LogP contribution is 2.13. The minimum atomic E-state index is 0.206. The molecule has 0 saturated heterocycles. The van der Waals surface area contributed by atoms with Crippen molar-refractivity contribution in [3.8, 4) is 0 Å². The van der Waals surface area contributed by atoms with E-state index in [1.54, 1.807) is 11.8 Å². The molecule has 0 bridgehead atoms. The molecule has 1 heterocycles. The van der Waals surface area contributed by atoms with Crippen molar-refractivity contribution in [1.29, 1.82) is 0 Å². The van der Waals surface area contributed by atoms with Crippen molar-refractivity contribution < 1.29 is 5.11 Å². The van der Waals surface area contributed by atoms with Crippen molar-refractivity contribution in [1.82, 2.24) is 0 Å². The second-order valence-electron chi connectivity index (χ2n) is 1.62. The van der Waals surface area contributed by atoms with Crippen molar-refractivity contribution in [2.24, 2.45) is 0 Å². The first-order valence-corrected chi connectivity index (χ1v) is 3.55. The summed E-state index contributed by atoms with van der Waals surface area (Å²) in [5.74, 6) is 0.951. The first-order valence-electron chi connectivity index (χ1n) is 2.50. The summed E-state index contributed by atoms with van der Waals surface area (Å²) in [6.07, 6.45) is 3.91. The molecule has 1 aliphatic heterocycles. The molecule has 8 heavy (non-hydrogen) atoms. The molecule has 0 spiro atoms. The molecule has 0 aromatic heterocycles. The lowest BCUT2D eigenvalue weighted by atomic mass is 10.3. The third kappa shape index (κ3) is 1.39. The van der Waals surface area contributed by atoms with Crippen molar-refractivity contribution in [3.63, 3.8) is 0 Å². The molecule has 44 valence electrons. The van der Waals surface area contributed by atoms with Crippen LogP contribution < -0.4 is 0 Å². The number of allylic oxidation sites excluding steroid dienone is 2. The summed E-state index contributed by atoms with van der Waals surface area (Å²) in [4.78, 5) is 0. The second-order valence-corrected chi connectivity index (χ2v) is 2.52. The molecule has 1 aliphatic rings. The van der Waals surface area contributed by atoms with Gasteiger partial charge in [0.1, 0.15) is 0 Å². The molecule has 0 atom stereocenters. The molecule has 1 nitrogen and oxygen atoms in total. The smallest absolute Gasteiger partial charge is 0.0653 e. The second kappa shape index (κ2) is 2.95. The Balaban J connectivity index is 2.50. The fourth-order valence-electron chi connectivity index (χ4n) is 0.533. The number of aliphatic hydroxyl groups excluding tert-OH is 1. The largest absolute Gasteiger partial charge is 0.392 e. The Labute approximate surface area is 53.1 Å². The van der Waals surface area contributed by atoms with Crippen LogP contribution in [-0.4, -0.2) is 17.5 Å². The summed E-state index contributed by atoms with van der Waals surface area (Å²) in [5.41, 5.74) is 1.11. The van der Waals surface area contributed by atoms with Gasteiger partial charge in [0.05, 0.1) is 6.61 Å². The van der Waals surface area contributed by atoms with E-state index in [0.717, 1.165) is 11.3 Å². The normalized spacial score (nSPS) is 18.4. The SMILES string of the molecule is OCC1=CC=CSC1. The minimum absolute atomic E-state index is 0.206. The van der Waals surface area contributed by atoms with Crippen LogP contribution >= 0.6 is 11.8 Å². The number of hydrogen-bond acceptors (Lipinski definition) is 2. The van der Waals surface area contributed by atoms with Crippen LogP contribution in [0.1, 0.15) is 0 Å². The highest BCUT2D eigenvalue weighted by molar-refractivity contribution is 8.02. The molecule has 0 fully saturated rings. The zero-order valence-electron chi connectivity index (χ0n) is 4.50. The van der Waals surface area contributed by atoms with Gasteiger partial charge in [-0.05, 0) is 11.0 Å². The van der Waals surface area contributed by atoms with Gasteiger partial charge in [0, 0.05) is 5.75 Å². The van der Waals surface area contributed by atoms with E-state index >= 15 is 0 Å². The number of aliphatic hydroxyl groups is 1. The molecule has 0 saturated carbocycles. The van der Waals surface area contributed by atoms with Crippen LogP contribution in [0.5, 0.6) is 0 Å². The van der Waals surface area contributed by atoms with Gasteiger partial charge in [-0.2, -0.15) is 0 Å². The fourth-order valence-corrected chi connectivity index (χ4v) is 1.22. The van der Waals surface area contributed by atoms with Gasteiger partial charge in [0.2, 0.25) is 0 Å². The van der Waals surface area contributed by atoms with Crippen molar-refractivity contribution in [3.05, 3.63) is 23.1 Å². The van der Waals surface area contributed by atoms with Gasteiger partial charge in [-0.25, -0.2) is 0 Å². The van der Waals surface area contributed by atoms with Gasteiger partial charge < -0.3 is 5.11 Å². The first kappa shape index (κ1) is 5.92. The zero-order valence-corrected chi connectivity index (χ0v) is 5.32. The quantitative estimate of drug-likeness (QED) is 0.572. The summed E-state index contributed by atoms with van der Waals surface area (Å²) >= 11 is 1.72. The monoisotopic (exact) mass is 128 g/mol. The highest BCUT2D eigenvalue weighted by atomic mass is 32.2. The molecular weight excluding hydrogens is 120 g/mol. The van der Waals surface area contributed by atoms with Gasteiger partial charge in [0.15, 0.2) is 0 Å². The van der Waals surface area contributed by atoms with Crippen molar-refractivity contribution >= 4 is 11.8 Å². The summed E-state index contributed by atoms with van der Waals surface area (Å²) < 4.78 is 0. The Kier molecular flexibility index (Phi) is 2.18. The molecule has 2 heteroatoms. The third-order valence-electron chi connectivity index (χ3n) is 0.979. The van der Waals surface area contributed by atoms with Crippen molar-refractivity contribution in [2.45, 2.75) is 0 Å². The Morgan fingerprint density at radius 2 is 2.62 bits per heavy atom. The number of hydrogen-bond donors (Lipinski definition) is 1. The lowest BCUT2D eigenvalue weighted by molar-refractivity contribution is 0.332. The van der Waals surface area contributed by atoms with E-state index in [9.17, 15) is 0 Å². The summed E-state index contributed by atoms with van der Waals surface area (Å²) in [5, 5.41) is 10.6. The van der Waals surface area contributed by atoms with Gasteiger partial charge in [0.25, 0.3) is 0 Å². The average Bonchev–Trinajstić information content (AvgIpc) is 1.90. The Hall–Kier alpha value is -0.210. The summed E-state index contributed by atoms with van der Waals surface area (Å²) in [6.45, 7) is 0.206. The number of thioether (sulfide) groups is 1. The Bertz CT molecular complexity index is 126. The van der Waals surface area contributed by atoms with E-state index < -0.39 is 0 Å². The predicted molar refractivity (Wildman–Crippen MR) is 36.8 cm³/mol. The summed E-state index contributed by atoms with van der Waals surface area (Å²) in [6, 6.07) is 0. The third-order valence-corrected chi connectivity index (χ3v) is 1.87. The van der Waals surface area contributed by atoms with E-state index in [1.165, 1.54) is 0 Å². The predicted octanol–water partition coefficient (Wildman–Crippen LogP) is 1.17. The van der Waals surface area contributed by atoms with Gasteiger partial charge in [-0.3, -0.25) is 0 Å². The average molecular weight is 128 g/mol. The highest BCUT2D eigenvalue weighted by Gasteiger charge is 1.95. The molecule has 0 aromatic carbocycles. The van der Waals surface area contributed by atoms with Crippen molar-refractivity contribution in [2.75, 3.05) is 12.4 Å². The molecule has 1 rings (SSSR count). The fraction of sp³-hybridized carbons (Fsp3) is 0.333. The van der Waals surface area contributed by atoms with E-state index in [-0.39, 0.29) is 6.61 Å². The van der Waals surface area contributed by atoms with Crippen LogP contribution in [0, 0.1) is 0 Å². The van der Waals surface area contributed by atoms with Gasteiger partial charge in [-0.1, -0.05) is 12.2 Å². The lowest BCUT2D eigenvalue weighted by Crippen LogP contribution is -1.93. The first-order chi connectivity index (χ1) is 3.93. The van der Waals surface area contributed by atoms with E-state index in [0.29, 0.717) is 0 Å². The van der Waals surface area contributed by atoms with Gasteiger partial charge >= 0.3 is 0 Å². The maximum absolute atomic E-state index is 8.58. The van der Waals surface area contributed by atoms with E-state index in [4.69, 9.17) is 5.11 Å². The van der Waals surface area contributed by atoms with Crippen LogP contribution in [0.15, 0.2) is 23.1 Å². The van der Waals surface area contributed by atoms with Crippen LogP contribution in [0.2, 0.25) is 0 Å². The molecular formula is C6H8OS. The topological polar surface area (TPSA) is 20.2 Å². The van der Waals surface area contributed by atoms with Crippen LogP contribution in [-0.2, 0) is 0 Å². The molecule has 0 aliphatic carbocycles. The van der Waals surface area contributed by atoms with E-state index in [2.05, 4.69) is 0 Å².